The molecule has 1 atom stereocenters. The monoisotopic (exact) mass is 269 g/mol. The van der Waals surface area contributed by atoms with Crippen LogP contribution in [0.25, 0.3) is 0 Å². The lowest BCUT2D eigenvalue weighted by molar-refractivity contribution is -0.117. The third-order valence-electron chi connectivity index (χ3n) is 3.31. The second-order valence-corrected chi connectivity index (χ2v) is 4.60. The minimum Gasteiger partial charge on any atom is -0.481 e. The summed E-state index contributed by atoms with van der Waals surface area (Å²) in [6.07, 6.45) is 1.74. The van der Waals surface area contributed by atoms with E-state index in [-0.39, 0.29) is 11.9 Å². The number of amides is 1. The Kier molecular flexibility index (Phi) is 3.35. The maximum absolute atomic E-state index is 11.9. The zero-order valence-electron chi connectivity index (χ0n) is 11.1. The largest absolute Gasteiger partial charge is 0.481 e. The Balaban J connectivity index is 1.70. The summed E-state index contributed by atoms with van der Waals surface area (Å²) in [6.45, 7) is 0.573. The van der Waals surface area contributed by atoms with Crippen molar-refractivity contribution in [3.63, 3.8) is 0 Å². The maximum atomic E-state index is 11.9. The number of benzene rings is 1. The van der Waals surface area contributed by atoms with E-state index in [1.807, 2.05) is 30.3 Å². The van der Waals surface area contributed by atoms with E-state index in [0.29, 0.717) is 12.4 Å². The van der Waals surface area contributed by atoms with Crippen molar-refractivity contribution in [2.24, 2.45) is 0 Å². The van der Waals surface area contributed by atoms with Gasteiger partial charge in [0.1, 0.15) is 6.04 Å². The van der Waals surface area contributed by atoms with Crippen LogP contribution < -0.4 is 15.4 Å². The van der Waals surface area contributed by atoms with E-state index >= 15 is 0 Å². The molecule has 0 spiro atoms. The molecule has 1 aliphatic rings. The summed E-state index contributed by atoms with van der Waals surface area (Å²) in [5.41, 5.74) is 2.87. The molecular weight excluding hydrogens is 254 g/mol. The number of anilines is 1. The molecule has 0 bridgehead atoms. The van der Waals surface area contributed by atoms with Gasteiger partial charge in [0, 0.05) is 30.1 Å². The van der Waals surface area contributed by atoms with Crippen LogP contribution in [0.3, 0.4) is 0 Å². The number of carbonyl (C=O) groups excluding carboxylic acids is 1. The number of pyridine rings is 1. The Hall–Kier alpha value is -2.40. The molecule has 1 aliphatic heterocycles. The van der Waals surface area contributed by atoms with Crippen molar-refractivity contribution < 1.29 is 9.53 Å². The molecule has 1 amide bonds. The number of fused-ring (bicyclic) bond motifs is 1. The van der Waals surface area contributed by atoms with Gasteiger partial charge in [-0.1, -0.05) is 24.3 Å². The molecule has 3 rings (SSSR count). The standard InChI is InChI=1S/C15H15N3O2/c1-20-13-7-6-10(8-16-13)9-17-14-11-4-2-3-5-12(11)18-15(14)19/h2-8,14,17H,9H2,1H3,(H,18,19). The Bertz CT molecular complexity index is 625. The molecule has 0 saturated heterocycles. The van der Waals surface area contributed by atoms with Gasteiger partial charge < -0.3 is 10.1 Å². The first-order valence-electron chi connectivity index (χ1n) is 6.40. The molecule has 1 unspecified atom stereocenters. The number of nitrogens with one attached hydrogen (secondary N) is 2. The smallest absolute Gasteiger partial charge is 0.246 e. The Morgan fingerprint density at radius 2 is 2.15 bits per heavy atom. The number of carbonyl (C=O) groups is 1. The van der Waals surface area contributed by atoms with Crippen molar-refractivity contribution in [3.8, 4) is 5.88 Å². The fourth-order valence-corrected chi connectivity index (χ4v) is 2.27. The van der Waals surface area contributed by atoms with Gasteiger partial charge in [-0.3, -0.25) is 10.1 Å². The number of nitrogens with zero attached hydrogens (tertiary/aromatic N) is 1. The first-order valence-corrected chi connectivity index (χ1v) is 6.40. The van der Waals surface area contributed by atoms with Crippen LogP contribution in [0.1, 0.15) is 17.2 Å². The van der Waals surface area contributed by atoms with Crippen LogP contribution in [-0.4, -0.2) is 18.0 Å². The Labute approximate surface area is 117 Å². The SMILES string of the molecule is COc1ccc(CNC2C(=O)Nc3ccccc32)cn1. The topological polar surface area (TPSA) is 63.2 Å². The van der Waals surface area contributed by atoms with Gasteiger partial charge in [-0.15, -0.1) is 0 Å². The van der Waals surface area contributed by atoms with Crippen molar-refractivity contribution in [1.29, 1.82) is 0 Å². The summed E-state index contributed by atoms with van der Waals surface area (Å²) in [7, 11) is 1.58. The highest BCUT2D eigenvalue weighted by molar-refractivity contribution is 6.02. The second-order valence-electron chi connectivity index (χ2n) is 4.60. The number of para-hydroxylation sites is 1. The van der Waals surface area contributed by atoms with Crippen molar-refractivity contribution in [2.75, 3.05) is 12.4 Å². The molecule has 2 N–H and O–H groups in total. The van der Waals surface area contributed by atoms with E-state index in [1.165, 1.54) is 0 Å². The van der Waals surface area contributed by atoms with E-state index in [1.54, 1.807) is 19.4 Å². The zero-order chi connectivity index (χ0) is 13.9. The first-order chi connectivity index (χ1) is 9.78. The average Bonchev–Trinajstić information content (AvgIpc) is 2.81. The molecule has 0 saturated carbocycles. The summed E-state index contributed by atoms with van der Waals surface area (Å²) >= 11 is 0. The zero-order valence-corrected chi connectivity index (χ0v) is 11.1. The van der Waals surface area contributed by atoms with Crippen LogP contribution in [0.4, 0.5) is 5.69 Å². The predicted octanol–water partition coefficient (Wildman–Crippen LogP) is 1.87. The van der Waals surface area contributed by atoms with E-state index in [0.717, 1.165) is 16.8 Å². The van der Waals surface area contributed by atoms with Crippen LogP contribution in [0.15, 0.2) is 42.6 Å². The molecule has 0 radical (unpaired) electrons. The van der Waals surface area contributed by atoms with Gasteiger partial charge in [-0.2, -0.15) is 0 Å². The van der Waals surface area contributed by atoms with Crippen LogP contribution >= 0.6 is 0 Å². The van der Waals surface area contributed by atoms with Gasteiger partial charge in [0.05, 0.1) is 7.11 Å². The van der Waals surface area contributed by atoms with Crippen molar-refractivity contribution in [1.82, 2.24) is 10.3 Å². The molecule has 102 valence electrons. The van der Waals surface area contributed by atoms with E-state index in [2.05, 4.69) is 15.6 Å². The molecule has 2 aromatic rings. The number of ether oxygens (including phenoxy) is 1. The summed E-state index contributed by atoms with van der Waals surface area (Å²) in [5.74, 6) is 0.561. The number of aromatic nitrogens is 1. The quantitative estimate of drug-likeness (QED) is 0.889. The van der Waals surface area contributed by atoms with Crippen molar-refractivity contribution in [3.05, 3.63) is 53.7 Å². The molecule has 5 nitrogen and oxygen atoms in total. The second kappa shape index (κ2) is 5.30. The lowest BCUT2D eigenvalue weighted by Crippen LogP contribution is -2.27. The molecule has 0 fully saturated rings. The molecule has 20 heavy (non-hydrogen) atoms. The van der Waals surface area contributed by atoms with Gasteiger partial charge in [0.2, 0.25) is 11.8 Å². The molecule has 5 heteroatoms. The predicted molar refractivity (Wildman–Crippen MR) is 75.4 cm³/mol. The lowest BCUT2D eigenvalue weighted by atomic mass is 10.1. The van der Waals surface area contributed by atoms with Gasteiger partial charge in [-0.25, -0.2) is 4.98 Å². The number of hydrogen-bond donors (Lipinski definition) is 2. The van der Waals surface area contributed by atoms with Crippen LogP contribution in [0, 0.1) is 0 Å². The number of rotatable bonds is 4. The van der Waals surface area contributed by atoms with Crippen molar-refractivity contribution in [2.45, 2.75) is 12.6 Å². The van der Waals surface area contributed by atoms with Crippen LogP contribution in [-0.2, 0) is 11.3 Å². The summed E-state index contributed by atoms with van der Waals surface area (Å²) < 4.78 is 5.02. The number of methoxy groups -OCH3 is 1. The van der Waals surface area contributed by atoms with Crippen LogP contribution in [0.5, 0.6) is 5.88 Å². The summed E-state index contributed by atoms with van der Waals surface area (Å²) in [4.78, 5) is 16.1. The fourth-order valence-electron chi connectivity index (χ4n) is 2.27. The Morgan fingerprint density at radius 3 is 2.90 bits per heavy atom. The van der Waals surface area contributed by atoms with E-state index in [9.17, 15) is 4.79 Å². The van der Waals surface area contributed by atoms with Crippen LogP contribution in [0.2, 0.25) is 0 Å². The van der Waals surface area contributed by atoms with Gasteiger partial charge in [0.15, 0.2) is 0 Å². The van der Waals surface area contributed by atoms with E-state index in [4.69, 9.17) is 4.74 Å². The average molecular weight is 269 g/mol. The highest BCUT2D eigenvalue weighted by atomic mass is 16.5. The van der Waals surface area contributed by atoms with E-state index < -0.39 is 0 Å². The number of hydrogen-bond acceptors (Lipinski definition) is 4. The highest BCUT2D eigenvalue weighted by Crippen LogP contribution is 2.30. The summed E-state index contributed by atoms with van der Waals surface area (Å²) in [5, 5.41) is 6.11. The normalized spacial score (nSPS) is 16.6. The molecular formula is C15H15N3O2. The minimum atomic E-state index is -0.312. The lowest BCUT2D eigenvalue weighted by Gasteiger charge is -2.11. The first kappa shape index (κ1) is 12.6. The molecule has 2 heterocycles. The third kappa shape index (κ3) is 2.35. The molecule has 0 aliphatic carbocycles. The van der Waals surface area contributed by atoms with Gasteiger partial charge in [0.25, 0.3) is 0 Å². The summed E-state index contributed by atoms with van der Waals surface area (Å²) in [6, 6.07) is 11.1. The molecule has 1 aromatic carbocycles. The van der Waals surface area contributed by atoms with Gasteiger partial charge >= 0.3 is 0 Å². The van der Waals surface area contributed by atoms with Crippen molar-refractivity contribution >= 4 is 11.6 Å². The minimum absolute atomic E-state index is 0.0207. The maximum Gasteiger partial charge on any atom is 0.246 e. The van der Waals surface area contributed by atoms with Gasteiger partial charge in [-0.05, 0) is 11.6 Å². The third-order valence-corrected chi connectivity index (χ3v) is 3.31. The highest BCUT2D eigenvalue weighted by Gasteiger charge is 2.29. The Morgan fingerprint density at radius 1 is 1.30 bits per heavy atom. The molecule has 1 aromatic heterocycles. The fraction of sp³-hybridized carbons (Fsp3) is 0.200.